The highest BCUT2D eigenvalue weighted by molar-refractivity contribution is 5.85. The van der Waals surface area contributed by atoms with Crippen LogP contribution in [0.15, 0.2) is 24.3 Å². The zero-order chi connectivity index (χ0) is 13.8. The average Bonchev–Trinajstić information content (AvgIpc) is 2.39. The van der Waals surface area contributed by atoms with Gasteiger partial charge >= 0.3 is 0 Å². The Morgan fingerprint density at radius 3 is 2.75 bits per heavy atom. The zero-order valence-electron chi connectivity index (χ0n) is 12.5. The van der Waals surface area contributed by atoms with E-state index in [1.165, 1.54) is 11.1 Å². The summed E-state index contributed by atoms with van der Waals surface area (Å²) in [6, 6.07) is 8.76. The second-order valence-electron chi connectivity index (χ2n) is 5.66. The second-order valence-corrected chi connectivity index (χ2v) is 5.66. The third-order valence-corrected chi connectivity index (χ3v) is 4.01. The van der Waals surface area contributed by atoms with E-state index in [-0.39, 0.29) is 30.3 Å². The van der Waals surface area contributed by atoms with Crippen molar-refractivity contribution in [3.8, 4) is 0 Å². The summed E-state index contributed by atoms with van der Waals surface area (Å²) in [5.41, 5.74) is 2.44. The van der Waals surface area contributed by atoms with Crippen molar-refractivity contribution in [3.05, 3.63) is 35.4 Å². The number of piperidine rings is 1. The van der Waals surface area contributed by atoms with Crippen molar-refractivity contribution in [3.63, 3.8) is 0 Å². The van der Waals surface area contributed by atoms with Crippen LogP contribution in [0.2, 0.25) is 0 Å². The van der Waals surface area contributed by atoms with Gasteiger partial charge in [-0.15, -0.1) is 12.4 Å². The lowest BCUT2D eigenvalue weighted by Crippen LogP contribution is -2.43. The fourth-order valence-electron chi connectivity index (χ4n) is 2.85. The second kappa shape index (κ2) is 7.65. The van der Waals surface area contributed by atoms with Crippen molar-refractivity contribution in [1.29, 1.82) is 0 Å². The molecule has 2 rings (SSSR count). The third kappa shape index (κ3) is 4.22. The van der Waals surface area contributed by atoms with E-state index in [2.05, 4.69) is 43.5 Å². The van der Waals surface area contributed by atoms with Crippen molar-refractivity contribution in [1.82, 2.24) is 10.6 Å². The molecule has 1 aliphatic heterocycles. The summed E-state index contributed by atoms with van der Waals surface area (Å²) in [5, 5.41) is 6.54. The maximum atomic E-state index is 12.3. The minimum atomic E-state index is 0. The Balaban J connectivity index is 0.00000200. The van der Waals surface area contributed by atoms with Gasteiger partial charge in [0.2, 0.25) is 5.91 Å². The number of carbonyl (C=O) groups is 1. The van der Waals surface area contributed by atoms with E-state index in [0.29, 0.717) is 6.04 Å². The summed E-state index contributed by atoms with van der Waals surface area (Å²) in [4.78, 5) is 12.3. The van der Waals surface area contributed by atoms with Crippen LogP contribution in [0.25, 0.3) is 0 Å². The molecule has 20 heavy (non-hydrogen) atoms. The summed E-state index contributed by atoms with van der Waals surface area (Å²) in [6.07, 6.45) is 1.88. The average molecular weight is 297 g/mol. The molecular formula is C16H25ClN2O. The van der Waals surface area contributed by atoms with Gasteiger partial charge in [0.25, 0.3) is 0 Å². The Hall–Kier alpha value is -1.06. The summed E-state index contributed by atoms with van der Waals surface area (Å²) in [7, 11) is 0. The number of hydrogen-bond donors (Lipinski definition) is 2. The monoisotopic (exact) mass is 296 g/mol. The smallest absolute Gasteiger partial charge is 0.223 e. The van der Waals surface area contributed by atoms with Crippen LogP contribution in [0.3, 0.4) is 0 Å². The first-order chi connectivity index (χ1) is 9.08. The van der Waals surface area contributed by atoms with Gasteiger partial charge in [-0.1, -0.05) is 24.3 Å². The van der Waals surface area contributed by atoms with Crippen LogP contribution in [0.1, 0.15) is 43.9 Å². The van der Waals surface area contributed by atoms with Crippen LogP contribution < -0.4 is 10.6 Å². The van der Waals surface area contributed by atoms with Gasteiger partial charge in [-0.05, 0) is 51.3 Å². The van der Waals surface area contributed by atoms with Gasteiger partial charge in [-0.25, -0.2) is 0 Å². The predicted molar refractivity (Wildman–Crippen MR) is 85.2 cm³/mol. The highest BCUT2D eigenvalue weighted by Gasteiger charge is 2.25. The van der Waals surface area contributed by atoms with Crippen molar-refractivity contribution in [2.75, 3.05) is 6.54 Å². The SMILES string of the molecule is Cc1ccccc1C(C)NC(=O)[C@H]1CCN[C@@H](C)C1.Cl. The van der Waals surface area contributed by atoms with Crippen molar-refractivity contribution in [2.24, 2.45) is 5.92 Å². The van der Waals surface area contributed by atoms with Gasteiger partial charge in [0.05, 0.1) is 6.04 Å². The molecule has 112 valence electrons. The first-order valence-corrected chi connectivity index (χ1v) is 7.17. The van der Waals surface area contributed by atoms with Gasteiger partial charge in [0.15, 0.2) is 0 Å². The van der Waals surface area contributed by atoms with Crippen LogP contribution in [-0.2, 0) is 4.79 Å². The molecule has 1 heterocycles. The number of amides is 1. The van der Waals surface area contributed by atoms with Crippen LogP contribution in [-0.4, -0.2) is 18.5 Å². The fraction of sp³-hybridized carbons (Fsp3) is 0.562. The summed E-state index contributed by atoms with van der Waals surface area (Å²) < 4.78 is 0. The first-order valence-electron chi connectivity index (χ1n) is 7.17. The Bertz CT molecular complexity index is 450. The molecule has 0 aromatic heterocycles. The quantitative estimate of drug-likeness (QED) is 0.900. The van der Waals surface area contributed by atoms with E-state index in [0.717, 1.165) is 19.4 Å². The van der Waals surface area contributed by atoms with Crippen molar-refractivity contribution in [2.45, 2.75) is 45.7 Å². The van der Waals surface area contributed by atoms with Crippen LogP contribution in [0.5, 0.6) is 0 Å². The molecule has 1 amide bonds. The van der Waals surface area contributed by atoms with E-state index in [1.807, 2.05) is 12.1 Å². The Labute approximate surface area is 127 Å². The highest BCUT2D eigenvalue weighted by Crippen LogP contribution is 2.20. The minimum Gasteiger partial charge on any atom is -0.349 e. The number of hydrogen-bond acceptors (Lipinski definition) is 2. The van der Waals surface area contributed by atoms with Gasteiger partial charge in [-0.3, -0.25) is 4.79 Å². The standard InChI is InChI=1S/C16H24N2O.ClH/c1-11-6-4-5-7-15(11)13(3)18-16(19)14-8-9-17-12(2)10-14;/h4-7,12-14,17H,8-10H2,1-3H3,(H,18,19);1H/t12-,13?,14-;/m0./s1. The topological polar surface area (TPSA) is 41.1 Å². The molecule has 1 saturated heterocycles. The third-order valence-electron chi connectivity index (χ3n) is 4.01. The molecule has 3 atom stereocenters. The Morgan fingerprint density at radius 2 is 2.10 bits per heavy atom. The lowest BCUT2D eigenvalue weighted by atomic mass is 9.92. The summed E-state index contributed by atoms with van der Waals surface area (Å²) >= 11 is 0. The number of benzene rings is 1. The molecule has 0 bridgehead atoms. The number of rotatable bonds is 3. The maximum absolute atomic E-state index is 12.3. The molecule has 1 aromatic carbocycles. The van der Waals surface area contributed by atoms with Crippen molar-refractivity contribution < 1.29 is 4.79 Å². The molecular weight excluding hydrogens is 272 g/mol. The highest BCUT2D eigenvalue weighted by atomic mass is 35.5. The Kier molecular flexibility index (Phi) is 6.50. The predicted octanol–water partition coefficient (Wildman–Crippen LogP) is 2.98. The maximum Gasteiger partial charge on any atom is 0.223 e. The van der Waals surface area contributed by atoms with Crippen LogP contribution >= 0.6 is 12.4 Å². The molecule has 0 aliphatic carbocycles. The molecule has 0 spiro atoms. The molecule has 1 aliphatic rings. The van der Waals surface area contributed by atoms with E-state index < -0.39 is 0 Å². The van der Waals surface area contributed by atoms with E-state index in [1.54, 1.807) is 0 Å². The van der Waals surface area contributed by atoms with Gasteiger partial charge in [0, 0.05) is 12.0 Å². The minimum absolute atomic E-state index is 0. The number of aryl methyl sites for hydroxylation is 1. The molecule has 2 N–H and O–H groups in total. The zero-order valence-corrected chi connectivity index (χ0v) is 13.3. The van der Waals surface area contributed by atoms with Gasteiger partial charge in [-0.2, -0.15) is 0 Å². The van der Waals surface area contributed by atoms with E-state index in [9.17, 15) is 4.79 Å². The lowest BCUT2D eigenvalue weighted by molar-refractivity contribution is -0.126. The lowest BCUT2D eigenvalue weighted by Gasteiger charge is -2.28. The molecule has 1 unspecified atom stereocenters. The van der Waals surface area contributed by atoms with E-state index in [4.69, 9.17) is 0 Å². The molecule has 4 heteroatoms. The van der Waals surface area contributed by atoms with Crippen molar-refractivity contribution >= 4 is 18.3 Å². The van der Waals surface area contributed by atoms with Gasteiger partial charge < -0.3 is 10.6 Å². The first kappa shape index (κ1) is 17.0. The van der Waals surface area contributed by atoms with Crippen LogP contribution in [0, 0.1) is 12.8 Å². The molecule has 1 fully saturated rings. The molecule has 0 saturated carbocycles. The van der Waals surface area contributed by atoms with Crippen LogP contribution in [0.4, 0.5) is 0 Å². The number of halogens is 1. The fourth-order valence-corrected chi connectivity index (χ4v) is 2.85. The normalized spacial score (nSPS) is 23.6. The van der Waals surface area contributed by atoms with Gasteiger partial charge in [0.1, 0.15) is 0 Å². The number of nitrogens with one attached hydrogen (secondary N) is 2. The Morgan fingerprint density at radius 1 is 1.40 bits per heavy atom. The van der Waals surface area contributed by atoms with E-state index >= 15 is 0 Å². The largest absolute Gasteiger partial charge is 0.349 e. The molecule has 1 aromatic rings. The summed E-state index contributed by atoms with van der Waals surface area (Å²) in [5.74, 6) is 0.354. The number of carbonyl (C=O) groups excluding carboxylic acids is 1. The summed E-state index contributed by atoms with van der Waals surface area (Å²) in [6.45, 7) is 7.23. The molecule has 0 radical (unpaired) electrons. The molecule has 3 nitrogen and oxygen atoms in total.